The number of alkyl carbamates (subject to hydrolysis) is 1. The van der Waals surface area contributed by atoms with E-state index >= 15 is 0 Å². The normalized spacial score (nSPS) is 20.2. The summed E-state index contributed by atoms with van der Waals surface area (Å²) >= 11 is 6.03. The largest absolute Gasteiger partial charge is 0.457 e. The summed E-state index contributed by atoms with van der Waals surface area (Å²) in [6, 6.07) is 11.1. The van der Waals surface area contributed by atoms with Crippen molar-refractivity contribution in [2.24, 2.45) is 5.41 Å². The number of carbonyl (C=O) groups is 2. The number of esters is 1. The minimum Gasteiger partial charge on any atom is -0.457 e. The zero-order valence-electron chi connectivity index (χ0n) is 21.5. The molecule has 0 saturated carbocycles. The lowest BCUT2D eigenvalue weighted by Gasteiger charge is -2.43. The van der Waals surface area contributed by atoms with Crippen LogP contribution in [0, 0.1) is 11.2 Å². The molecule has 1 amide bonds. The minimum atomic E-state index is -1.18. The van der Waals surface area contributed by atoms with Gasteiger partial charge in [0.15, 0.2) is 0 Å². The number of nitrogens with one attached hydrogen (secondary N) is 1. The number of benzene rings is 2. The smallest absolute Gasteiger partial charge is 0.407 e. The first-order chi connectivity index (χ1) is 16.6. The Balaban J connectivity index is 1.85. The monoisotopic (exact) mass is 517 g/mol. The van der Waals surface area contributed by atoms with Gasteiger partial charge >= 0.3 is 12.1 Å². The van der Waals surface area contributed by atoms with Gasteiger partial charge < -0.3 is 19.5 Å². The van der Waals surface area contributed by atoms with Gasteiger partial charge in [-0.1, -0.05) is 42.4 Å². The van der Waals surface area contributed by atoms with E-state index in [-0.39, 0.29) is 18.0 Å². The fraction of sp³-hybridized carbons (Fsp3) is 0.429. The second-order valence-corrected chi connectivity index (χ2v) is 11.2. The first kappa shape index (κ1) is 27.5. The molecule has 0 spiro atoms. The Morgan fingerprint density at radius 1 is 1.14 bits per heavy atom. The Morgan fingerprint density at radius 2 is 1.78 bits per heavy atom. The molecule has 1 N–H and O–H groups in total. The van der Waals surface area contributed by atoms with Crippen LogP contribution in [0.15, 0.2) is 54.8 Å². The van der Waals surface area contributed by atoms with Crippen molar-refractivity contribution < 1.29 is 28.2 Å². The lowest BCUT2D eigenvalue weighted by molar-refractivity contribution is -0.239. The SMILES string of the molecule is C=C1OC(C)(C)OC(=O)C1(C)CC(Cc1ccc(-c2cc(Cl)ccc2F)cc1)NC(=O)OC(C)(C)C. The van der Waals surface area contributed by atoms with Crippen molar-refractivity contribution in [2.75, 3.05) is 0 Å². The summed E-state index contributed by atoms with van der Waals surface area (Å²) in [6.07, 6.45) is -0.0633. The molecule has 0 bridgehead atoms. The van der Waals surface area contributed by atoms with Crippen molar-refractivity contribution in [2.45, 2.75) is 71.8 Å². The number of halogens is 2. The number of amides is 1. The first-order valence-electron chi connectivity index (χ1n) is 11.7. The second kappa shape index (κ2) is 10.1. The van der Waals surface area contributed by atoms with Crippen LogP contribution in [0.1, 0.15) is 53.5 Å². The van der Waals surface area contributed by atoms with Crippen LogP contribution in [-0.2, 0) is 25.4 Å². The zero-order chi connectivity index (χ0) is 26.9. The maximum Gasteiger partial charge on any atom is 0.407 e. The van der Waals surface area contributed by atoms with Gasteiger partial charge in [0, 0.05) is 30.5 Å². The fourth-order valence-corrected chi connectivity index (χ4v) is 4.21. The van der Waals surface area contributed by atoms with E-state index in [1.54, 1.807) is 59.7 Å². The van der Waals surface area contributed by atoms with Crippen LogP contribution in [0.2, 0.25) is 5.02 Å². The summed E-state index contributed by atoms with van der Waals surface area (Å²) in [5.41, 5.74) is 0.0518. The third-order valence-corrected chi connectivity index (χ3v) is 6.06. The molecule has 2 unspecified atom stereocenters. The van der Waals surface area contributed by atoms with Gasteiger partial charge in [0.25, 0.3) is 0 Å². The highest BCUT2D eigenvalue weighted by Crippen LogP contribution is 2.42. The van der Waals surface area contributed by atoms with Crippen LogP contribution in [0.5, 0.6) is 0 Å². The van der Waals surface area contributed by atoms with Crippen molar-refractivity contribution in [3.8, 4) is 11.1 Å². The maximum absolute atomic E-state index is 14.3. The van der Waals surface area contributed by atoms with Gasteiger partial charge in [0.05, 0.1) is 0 Å². The van der Waals surface area contributed by atoms with E-state index in [2.05, 4.69) is 11.9 Å². The molecule has 194 valence electrons. The number of rotatable bonds is 6. The molecule has 1 aliphatic rings. The quantitative estimate of drug-likeness (QED) is 0.426. The van der Waals surface area contributed by atoms with Crippen molar-refractivity contribution in [3.05, 3.63) is 71.2 Å². The van der Waals surface area contributed by atoms with Crippen LogP contribution in [0.25, 0.3) is 11.1 Å². The van der Waals surface area contributed by atoms with Gasteiger partial charge in [-0.15, -0.1) is 0 Å². The number of cyclic esters (lactones) is 1. The van der Waals surface area contributed by atoms with Gasteiger partial charge in [-0.3, -0.25) is 4.79 Å². The van der Waals surface area contributed by atoms with Crippen molar-refractivity contribution >= 4 is 23.7 Å². The standard InChI is InChI=1S/C28H33ClFNO5/c1-17-28(7,24(32)35-27(5,6)34-17)16-21(31-25(33)36-26(2,3)4)14-18-8-10-19(11-9-18)22-15-20(29)12-13-23(22)30/h8-13,15,21H,1,14,16H2,2-7H3,(H,31,33). The van der Waals surface area contributed by atoms with Crippen molar-refractivity contribution in [3.63, 3.8) is 0 Å². The van der Waals surface area contributed by atoms with Gasteiger partial charge in [-0.2, -0.15) is 0 Å². The molecule has 3 rings (SSSR count). The van der Waals surface area contributed by atoms with Crippen LogP contribution >= 0.6 is 11.6 Å². The Bertz CT molecular complexity index is 1130. The number of hydrogen-bond donors (Lipinski definition) is 1. The molecule has 6 nitrogen and oxygen atoms in total. The number of carbonyl (C=O) groups excluding carboxylic acids is 2. The number of hydrogen-bond acceptors (Lipinski definition) is 5. The van der Waals surface area contributed by atoms with Crippen molar-refractivity contribution in [1.29, 1.82) is 0 Å². The molecule has 1 aliphatic heterocycles. The molecule has 0 aliphatic carbocycles. The molecule has 1 heterocycles. The molecule has 2 aromatic carbocycles. The van der Waals surface area contributed by atoms with Crippen LogP contribution in [0.4, 0.5) is 9.18 Å². The molecule has 1 saturated heterocycles. The third kappa shape index (κ3) is 6.78. The highest BCUT2D eigenvalue weighted by Gasteiger charge is 2.50. The summed E-state index contributed by atoms with van der Waals surface area (Å²) < 4.78 is 31.0. The molecule has 2 aromatic rings. The summed E-state index contributed by atoms with van der Waals surface area (Å²) in [5, 5.41) is 3.32. The lowest BCUT2D eigenvalue weighted by Crippen LogP contribution is -2.51. The second-order valence-electron chi connectivity index (χ2n) is 10.7. The molecule has 8 heteroatoms. The molecular weight excluding hydrogens is 485 g/mol. The lowest BCUT2D eigenvalue weighted by atomic mass is 9.79. The molecule has 1 fully saturated rings. The van der Waals surface area contributed by atoms with Gasteiger partial charge in [0.1, 0.15) is 22.6 Å². The summed E-state index contributed by atoms with van der Waals surface area (Å²) in [4.78, 5) is 25.6. The molecule has 2 atom stereocenters. The highest BCUT2D eigenvalue weighted by molar-refractivity contribution is 6.30. The molecule has 36 heavy (non-hydrogen) atoms. The van der Waals surface area contributed by atoms with Crippen LogP contribution in [-0.4, -0.2) is 29.5 Å². The van der Waals surface area contributed by atoms with E-state index in [1.807, 2.05) is 12.1 Å². The number of ether oxygens (including phenoxy) is 3. The van der Waals surface area contributed by atoms with E-state index in [0.29, 0.717) is 22.6 Å². The Hall–Kier alpha value is -3.06. The molecule has 0 aromatic heterocycles. The van der Waals surface area contributed by atoms with E-state index in [9.17, 15) is 14.0 Å². The van der Waals surface area contributed by atoms with Crippen LogP contribution < -0.4 is 5.32 Å². The first-order valence-corrected chi connectivity index (χ1v) is 12.1. The maximum atomic E-state index is 14.3. The average molecular weight is 518 g/mol. The molecular formula is C28H33ClFNO5. The summed E-state index contributed by atoms with van der Waals surface area (Å²) in [6.45, 7) is 14.2. The van der Waals surface area contributed by atoms with E-state index in [0.717, 1.165) is 5.56 Å². The van der Waals surface area contributed by atoms with Gasteiger partial charge in [-0.25, -0.2) is 9.18 Å². The van der Waals surface area contributed by atoms with Gasteiger partial charge in [-0.05, 0) is 69.9 Å². The van der Waals surface area contributed by atoms with Gasteiger partial charge in [0.2, 0.25) is 5.79 Å². The minimum absolute atomic E-state index is 0.171. The summed E-state index contributed by atoms with van der Waals surface area (Å²) in [5.74, 6) is -1.70. The highest BCUT2D eigenvalue weighted by atomic mass is 35.5. The topological polar surface area (TPSA) is 73.9 Å². The fourth-order valence-electron chi connectivity index (χ4n) is 4.04. The Morgan fingerprint density at radius 3 is 2.36 bits per heavy atom. The third-order valence-electron chi connectivity index (χ3n) is 5.82. The van der Waals surface area contributed by atoms with Crippen molar-refractivity contribution in [1.82, 2.24) is 5.32 Å². The Kier molecular flexibility index (Phi) is 7.75. The summed E-state index contributed by atoms with van der Waals surface area (Å²) in [7, 11) is 0. The molecule has 0 radical (unpaired) electrons. The van der Waals surface area contributed by atoms with E-state index in [1.165, 1.54) is 12.1 Å². The van der Waals surface area contributed by atoms with E-state index in [4.69, 9.17) is 25.8 Å². The van der Waals surface area contributed by atoms with E-state index < -0.39 is 34.9 Å². The Labute approximate surface area is 216 Å². The van der Waals surface area contributed by atoms with Crippen LogP contribution in [0.3, 0.4) is 0 Å². The predicted molar refractivity (Wildman–Crippen MR) is 137 cm³/mol. The zero-order valence-corrected chi connectivity index (χ0v) is 22.3. The predicted octanol–water partition coefficient (Wildman–Crippen LogP) is 6.80. The average Bonchev–Trinajstić information content (AvgIpc) is 2.73.